The van der Waals surface area contributed by atoms with Crippen molar-refractivity contribution in [3.8, 4) is 0 Å². The van der Waals surface area contributed by atoms with Crippen molar-refractivity contribution in [2.45, 2.75) is 57.1 Å². The van der Waals surface area contributed by atoms with E-state index in [1.54, 1.807) is 6.07 Å². The smallest absolute Gasteiger partial charge is 0.345 e. The van der Waals surface area contributed by atoms with Crippen LogP contribution in [0.2, 0.25) is 0 Å². The minimum atomic E-state index is -0.873. The fourth-order valence-corrected chi connectivity index (χ4v) is 5.54. The molecule has 1 fully saturated rings. The molecule has 1 aliphatic carbocycles. The second-order valence-electron chi connectivity index (χ2n) is 7.80. The lowest BCUT2D eigenvalue weighted by Gasteiger charge is -2.23. The molecule has 1 aromatic heterocycles. The molecule has 158 valence electrons. The Morgan fingerprint density at radius 1 is 1.24 bits per heavy atom. The number of ether oxygens (including phenoxy) is 1. The summed E-state index contributed by atoms with van der Waals surface area (Å²) in [5.74, 6) is -0.611. The molecule has 0 bridgehead atoms. The van der Waals surface area contributed by atoms with Gasteiger partial charge >= 0.3 is 5.97 Å². The summed E-state index contributed by atoms with van der Waals surface area (Å²) in [5.41, 5.74) is 2.45. The molecule has 0 unspecified atom stereocenters. The van der Waals surface area contributed by atoms with Crippen molar-refractivity contribution >= 4 is 28.9 Å². The van der Waals surface area contributed by atoms with Crippen LogP contribution in [0.5, 0.6) is 0 Å². The zero-order valence-corrected chi connectivity index (χ0v) is 18.3. The number of carbonyl (C=O) groups is 1. The number of thiophene rings is 1. The number of aliphatic hydroxyl groups is 1. The summed E-state index contributed by atoms with van der Waals surface area (Å²) in [6, 6.07) is 12.0. The van der Waals surface area contributed by atoms with Gasteiger partial charge < -0.3 is 14.9 Å². The molecule has 0 aliphatic heterocycles. The molecule has 1 heterocycles. The maximum Gasteiger partial charge on any atom is 0.345 e. The van der Waals surface area contributed by atoms with Crippen LogP contribution >= 0.6 is 22.9 Å². The van der Waals surface area contributed by atoms with Crippen molar-refractivity contribution in [1.29, 1.82) is 0 Å². The monoisotopic (exact) mass is 436 g/mol. The van der Waals surface area contributed by atoms with Crippen LogP contribution in [-0.4, -0.2) is 34.3 Å². The van der Waals surface area contributed by atoms with Crippen LogP contribution in [0.4, 0.5) is 0 Å². The molecule has 6 heteroatoms. The number of alkyl halides is 1. The average molecular weight is 437 g/mol. The lowest BCUT2D eigenvalue weighted by Crippen LogP contribution is -2.26. The van der Waals surface area contributed by atoms with Crippen molar-refractivity contribution in [1.82, 2.24) is 0 Å². The van der Waals surface area contributed by atoms with Gasteiger partial charge in [0.15, 0.2) is 0 Å². The number of aromatic carboxylic acids is 1. The number of rotatable bonds is 10. The van der Waals surface area contributed by atoms with Crippen LogP contribution in [0.25, 0.3) is 0 Å². The van der Waals surface area contributed by atoms with E-state index in [9.17, 15) is 9.90 Å². The highest BCUT2D eigenvalue weighted by Crippen LogP contribution is 2.39. The summed E-state index contributed by atoms with van der Waals surface area (Å²) in [6.07, 6.45) is 3.85. The van der Waals surface area contributed by atoms with Gasteiger partial charge in [-0.3, -0.25) is 0 Å². The summed E-state index contributed by atoms with van der Waals surface area (Å²) in [4.78, 5) is 12.5. The molecule has 4 atom stereocenters. The summed E-state index contributed by atoms with van der Waals surface area (Å²) >= 11 is 7.87. The van der Waals surface area contributed by atoms with E-state index in [1.807, 2.05) is 6.07 Å². The van der Waals surface area contributed by atoms with Gasteiger partial charge in [0, 0.05) is 16.2 Å². The average Bonchev–Trinajstić information content (AvgIpc) is 3.28. The van der Waals surface area contributed by atoms with Gasteiger partial charge in [0.25, 0.3) is 0 Å². The van der Waals surface area contributed by atoms with Crippen LogP contribution < -0.4 is 0 Å². The maximum atomic E-state index is 11.0. The Hall–Kier alpha value is -1.40. The predicted octanol–water partition coefficient (Wildman–Crippen LogP) is 5.15. The fourth-order valence-electron chi connectivity index (χ4n) is 4.15. The molecule has 1 saturated carbocycles. The quantitative estimate of drug-likeness (QED) is 0.505. The van der Waals surface area contributed by atoms with Gasteiger partial charge in [-0.1, -0.05) is 31.2 Å². The molecule has 0 amide bonds. The van der Waals surface area contributed by atoms with Crippen molar-refractivity contribution in [3.63, 3.8) is 0 Å². The zero-order chi connectivity index (χ0) is 20.8. The van der Waals surface area contributed by atoms with E-state index >= 15 is 0 Å². The van der Waals surface area contributed by atoms with Gasteiger partial charge in [-0.05, 0) is 61.3 Å². The first kappa shape index (κ1) is 22.3. The number of aliphatic hydroxyl groups excluding tert-OH is 1. The predicted molar refractivity (Wildman–Crippen MR) is 117 cm³/mol. The van der Waals surface area contributed by atoms with Gasteiger partial charge in [0.1, 0.15) is 4.88 Å². The van der Waals surface area contributed by atoms with Crippen LogP contribution in [0, 0.1) is 11.8 Å². The molecular formula is C23H29ClO4S. The molecular weight excluding hydrogens is 408 g/mol. The highest BCUT2D eigenvalue weighted by molar-refractivity contribution is 7.13. The molecule has 0 saturated heterocycles. The van der Waals surface area contributed by atoms with Gasteiger partial charge in [-0.2, -0.15) is 0 Å². The number of carboxylic acids is 1. The SMILES string of the molecule is CCc1cccc(COC[C@@H]2[C@@H](CCCc3ccc(C(=O)O)s3)[C@@H](Cl)C[C@H]2O)c1. The van der Waals surface area contributed by atoms with Crippen molar-refractivity contribution in [2.75, 3.05) is 6.61 Å². The zero-order valence-electron chi connectivity index (χ0n) is 16.7. The minimum absolute atomic E-state index is 0.0417. The summed E-state index contributed by atoms with van der Waals surface area (Å²) in [7, 11) is 0. The molecule has 4 nitrogen and oxygen atoms in total. The largest absolute Gasteiger partial charge is 0.477 e. The second kappa shape index (κ2) is 10.6. The second-order valence-corrected chi connectivity index (χ2v) is 9.53. The number of hydrogen-bond acceptors (Lipinski definition) is 4. The molecule has 2 N–H and O–H groups in total. The Morgan fingerprint density at radius 2 is 2.03 bits per heavy atom. The molecule has 0 spiro atoms. The summed E-state index contributed by atoms with van der Waals surface area (Å²) < 4.78 is 5.96. The lowest BCUT2D eigenvalue weighted by molar-refractivity contribution is 0.0200. The van der Waals surface area contributed by atoms with Gasteiger partial charge in [-0.15, -0.1) is 22.9 Å². The highest BCUT2D eigenvalue weighted by atomic mass is 35.5. The van der Waals surface area contributed by atoms with Crippen LogP contribution in [0.15, 0.2) is 36.4 Å². The molecule has 29 heavy (non-hydrogen) atoms. The first-order chi connectivity index (χ1) is 14.0. The number of carboxylic acid groups (broad SMARTS) is 1. The summed E-state index contributed by atoms with van der Waals surface area (Å²) in [6.45, 7) is 3.19. The number of halogens is 1. The number of hydrogen-bond donors (Lipinski definition) is 2. The third kappa shape index (κ3) is 6.05. The lowest BCUT2D eigenvalue weighted by atomic mass is 9.90. The molecule has 1 aliphatic rings. The van der Waals surface area contributed by atoms with E-state index < -0.39 is 12.1 Å². The van der Waals surface area contributed by atoms with Gasteiger partial charge in [0.2, 0.25) is 0 Å². The van der Waals surface area contributed by atoms with Gasteiger partial charge in [-0.25, -0.2) is 4.79 Å². The third-order valence-electron chi connectivity index (χ3n) is 5.79. The molecule has 0 radical (unpaired) electrons. The standard InChI is InChI=1S/C23H29ClO4S/c1-2-15-5-3-6-16(11-15)13-28-14-19-18(20(24)12-21(19)25)8-4-7-17-9-10-22(29-17)23(26)27/h3,5-6,9-11,18-21,25H,2,4,7-8,12-14H2,1H3,(H,26,27)/t18-,19-,20+,21-/m1/s1. The minimum Gasteiger partial charge on any atom is -0.477 e. The van der Waals surface area contributed by atoms with Gasteiger partial charge in [0.05, 0.1) is 19.3 Å². The van der Waals surface area contributed by atoms with Crippen LogP contribution in [0.1, 0.15) is 51.9 Å². The van der Waals surface area contributed by atoms with Crippen LogP contribution in [-0.2, 0) is 24.2 Å². The van der Waals surface area contributed by atoms with E-state index in [0.717, 1.165) is 36.1 Å². The Balaban J connectivity index is 1.49. The first-order valence-corrected chi connectivity index (χ1v) is 11.5. The van der Waals surface area contributed by atoms with Crippen LogP contribution in [0.3, 0.4) is 0 Å². The van der Waals surface area contributed by atoms with E-state index in [1.165, 1.54) is 16.9 Å². The first-order valence-electron chi connectivity index (χ1n) is 10.3. The maximum absolute atomic E-state index is 11.0. The van der Waals surface area contributed by atoms with E-state index in [2.05, 4.69) is 31.2 Å². The number of benzene rings is 1. The van der Waals surface area contributed by atoms with Crippen molar-refractivity contribution in [3.05, 3.63) is 57.3 Å². The highest BCUT2D eigenvalue weighted by Gasteiger charge is 2.41. The Morgan fingerprint density at radius 3 is 2.76 bits per heavy atom. The van der Waals surface area contributed by atoms with E-state index in [0.29, 0.717) is 24.5 Å². The van der Waals surface area contributed by atoms with Crippen molar-refractivity contribution < 1.29 is 19.7 Å². The summed E-state index contributed by atoms with van der Waals surface area (Å²) in [5, 5.41) is 19.5. The third-order valence-corrected chi connectivity index (χ3v) is 7.42. The Kier molecular flexibility index (Phi) is 8.13. The normalized spacial score (nSPS) is 24.1. The molecule has 1 aromatic carbocycles. The number of aryl methyl sites for hydroxylation is 2. The Bertz CT molecular complexity index is 806. The van der Waals surface area contributed by atoms with E-state index in [4.69, 9.17) is 21.4 Å². The molecule has 2 aromatic rings. The molecule has 3 rings (SSSR count). The van der Waals surface area contributed by atoms with E-state index in [-0.39, 0.29) is 17.2 Å². The fraction of sp³-hybridized carbons (Fsp3) is 0.522. The topological polar surface area (TPSA) is 66.8 Å². The van der Waals surface area contributed by atoms with Crippen molar-refractivity contribution in [2.24, 2.45) is 11.8 Å². The Labute approximate surface area is 181 Å².